The summed E-state index contributed by atoms with van der Waals surface area (Å²) in [5.41, 5.74) is 1.81. The van der Waals surface area contributed by atoms with Crippen LogP contribution in [-0.4, -0.2) is 20.2 Å². The second-order valence-electron chi connectivity index (χ2n) is 3.21. The molecule has 2 heterocycles. The highest BCUT2D eigenvalue weighted by Gasteiger charge is 2.06. The lowest BCUT2D eigenvalue weighted by Crippen LogP contribution is -1.96. The zero-order chi connectivity index (χ0) is 9.26. The van der Waals surface area contributed by atoms with E-state index in [0.29, 0.717) is 11.6 Å². The largest absolute Gasteiger partial charge is 0.244 e. The van der Waals surface area contributed by atoms with Gasteiger partial charge in [0, 0.05) is 11.6 Å². The third-order valence-corrected chi connectivity index (χ3v) is 1.97. The Morgan fingerprint density at radius 3 is 2.85 bits per heavy atom. The van der Waals surface area contributed by atoms with Crippen LogP contribution in [0.25, 0.3) is 11.0 Å². The summed E-state index contributed by atoms with van der Waals surface area (Å²) in [5, 5.41) is 8.81. The molecule has 0 fully saturated rings. The summed E-state index contributed by atoms with van der Waals surface area (Å²) < 4.78 is 0. The number of rotatable bonds is 1. The van der Waals surface area contributed by atoms with Gasteiger partial charge in [-0.05, 0) is 11.5 Å². The Morgan fingerprint density at radius 1 is 1.23 bits per heavy atom. The third kappa shape index (κ3) is 1.35. The first-order chi connectivity index (χ1) is 6.29. The summed E-state index contributed by atoms with van der Waals surface area (Å²) in [7, 11) is 0. The molecule has 4 heteroatoms. The van der Waals surface area contributed by atoms with E-state index in [-0.39, 0.29) is 0 Å². The number of nitrogens with zero attached hydrogens (tertiary/aromatic N) is 4. The highest BCUT2D eigenvalue weighted by Crippen LogP contribution is 2.20. The third-order valence-electron chi connectivity index (χ3n) is 1.97. The Bertz CT molecular complexity index is 419. The van der Waals surface area contributed by atoms with Gasteiger partial charge in [-0.25, -0.2) is 9.97 Å². The van der Waals surface area contributed by atoms with E-state index in [1.165, 1.54) is 6.33 Å². The molecule has 0 aliphatic carbocycles. The molecule has 0 amide bonds. The van der Waals surface area contributed by atoms with Gasteiger partial charge >= 0.3 is 0 Å². The molecule has 13 heavy (non-hydrogen) atoms. The van der Waals surface area contributed by atoms with E-state index in [2.05, 4.69) is 34.0 Å². The highest BCUT2D eigenvalue weighted by molar-refractivity contribution is 5.76. The van der Waals surface area contributed by atoms with Crippen LogP contribution in [0.5, 0.6) is 0 Å². The standard InChI is InChI=1S/C9H10N4/c1-6(2)7-4-12-13-9-8(7)3-10-5-11-9/h3-6H,1-2H3. The van der Waals surface area contributed by atoms with E-state index >= 15 is 0 Å². The van der Waals surface area contributed by atoms with E-state index < -0.39 is 0 Å². The zero-order valence-electron chi connectivity index (χ0n) is 7.60. The van der Waals surface area contributed by atoms with Gasteiger partial charge in [0.25, 0.3) is 0 Å². The summed E-state index contributed by atoms with van der Waals surface area (Å²) in [6.07, 6.45) is 5.05. The second-order valence-corrected chi connectivity index (χ2v) is 3.21. The minimum Gasteiger partial charge on any atom is -0.244 e. The molecule has 2 rings (SSSR count). The van der Waals surface area contributed by atoms with Gasteiger partial charge in [-0.15, -0.1) is 5.10 Å². The summed E-state index contributed by atoms with van der Waals surface area (Å²) in [6, 6.07) is 0. The average Bonchev–Trinajstić information content (AvgIpc) is 2.17. The molecule has 4 nitrogen and oxygen atoms in total. The van der Waals surface area contributed by atoms with Crippen molar-refractivity contribution in [3.05, 3.63) is 24.3 Å². The van der Waals surface area contributed by atoms with Gasteiger partial charge in [0.2, 0.25) is 0 Å². The lowest BCUT2D eigenvalue weighted by Gasteiger charge is -2.05. The topological polar surface area (TPSA) is 51.6 Å². The summed E-state index contributed by atoms with van der Waals surface area (Å²) >= 11 is 0. The minimum absolute atomic E-state index is 0.420. The molecule has 0 atom stereocenters. The summed E-state index contributed by atoms with van der Waals surface area (Å²) in [5.74, 6) is 0.420. The predicted molar refractivity (Wildman–Crippen MR) is 49.2 cm³/mol. The SMILES string of the molecule is CC(C)c1cnnc2ncncc12. The molecule has 0 saturated heterocycles. The number of hydrogen-bond acceptors (Lipinski definition) is 4. The maximum absolute atomic E-state index is 4.04. The van der Waals surface area contributed by atoms with Gasteiger partial charge in [0.1, 0.15) is 6.33 Å². The first kappa shape index (κ1) is 8.04. The maximum atomic E-state index is 4.04. The molecule has 0 spiro atoms. The lowest BCUT2D eigenvalue weighted by molar-refractivity contribution is 0.853. The van der Waals surface area contributed by atoms with E-state index in [1.807, 2.05) is 0 Å². The number of hydrogen-bond donors (Lipinski definition) is 0. The Kier molecular flexibility index (Phi) is 1.88. The molecule has 2 aromatic rings. The van der Waals surface area contributed by atoms with Crippen LogP contribution in [0, 0.1) is 0 Å². The first-order valence-electron chi connectivity index (χ1n) is 4.20. The Labute approximate surface area is 76.1 Å². The van der Waals surface area contributed by atoms with Gasteiger partial charge in [0.05, 0.1) is 6.20 Å². The summed E-state index contributed by atoms with van der Waals surface area (Å²) in [6.45, 7) is 4.23. The molecule has 2 aromatic heterocycles. The van der Waals surface area contributed by atoms with Crippen molar-refractivity contribution < 1.29 is 0 Å². The Balaban J connectivity index is 2.76. The van der Waals surface area contributed by atoms with Crippen molar-refractivity contribution in [2.75, 3.05) is 0 Å². The van der Waals surface area contributed by atoms with Gasteiger partial charge in [-0.3, -0.25) is 0 Å². The number of fused-ring (bicyclic) bond motifs is 1. The maximum Gasteiger partial charge on any atom is 0.185 e. The summed E-state index contributed by atoms with van der Waals surface area (Å²) in [4.78, 5) is 8.02. The Hall–Kier alpha value is -1.58. The fourth-order valence-corrected chi connectivity index (χ4v) is 1.28. The molecule has 0 unspecified atom stereocenters. The van der Waals surface area contributed by atoms with Crippen molar-refractivity contribution in [2.45, 2.75) is 19.8 Å². The van der Waals surface area contributed by atoms with Crippen molar-refractivity contribution in [3.8, 4) is 0 Å². The Morgan fingerprint density at radius 2 is 2.08 bits per heavy atom. The van der Waals surface area contributed by atoms with Crippen LogP contribution in [0.3, 0.4) is 0 Å². The van der Waals surface area contributed by atoms with E-state index in [9.17, 15) is 0 Å². The van der Waals surface area contributed by atoms with Crippen LogP contribution in [0.15, 0.2) is 18.7 Å². The van der Waals surface area contributed by atoms with Crippen molar-refractivity contribution in [2.24, 2.45) is 0 Å². The molecule has 0 aliphatic rings. The van der Waals surface area contributed by atoms with Crippen molar-refractivity contribution in [1.82, 2.24) is 20.2 Å². The average molecular weight is 174 g/mol. The molecule has 0 bridgehead atoms. The molecule has 0 saturated carbocycles. The first-order valence-corrected chi connectivity index (χ1v) is 4.20. The smallest absolute Gasteiger partial charge is 0.185 e. The molecule has 0 aromatic carbocycles. The van der Waals surface area contributed by atoms with Crippen LogP contribution < -0.4 is 0 Å². The van der Waals surface area contributed by atoms with Crippen molar-refractivity contribution >= 4 is 11.0 Å². The van der Waals surface area contributed by atoms with Crippen molar-refractivity contribution in [3.63, 3.8) is 0 Å². The van der Waals surface area contributed by atoms with Gasteiger partial charge in [-0.2, -0.15) is 5.10 Å². The van der Waals surface area contributed by atoms with Crippen LogP contribution >= 0.6 is 0 Å². The van der Waals surface area contributed by atoms with Crippen LogP contribution in [-0.2, 0) is 0 Å². The quantitative estimate of drug-likeness (QED) is 0.658. The van der Waals surface area contributed by atoms with Gasteiger partial charge in [0.15, 0.2) is 5.65 Å². The second kappa shape index (κ2) is 3.05. The normalized spacial score (nSPS) is 11.0. The fourth-order valence-electron chi connectivity index (χ4n) is 1.28. The van der Waals surface area contributed by atoms with Crippen LogP contribution in [0.1, 0.15) is 25.3 Å². The van der Waals surface area contributed by atoms with Crippen LogP contribution in [0.2, 0.25) is 0 Å². The minimum atomic E-state index is 0.420. The van der Waals surface area contributed by atoms with E-state index in [4.69, 9.17) is 0 Å². The fraction of sp³-hybridized carbons (Fsp3) is 0.333. The van der Waals surface area contributed by atoms with Crippen molar-refractivity contribution in [1.29, 1.82) is 0 Å². The molecular formula is C9H10N4. The van der Waals surface area contributed by atoms with Gasteiger partial charge < -0.3 is 0 Å². The molecule has 0 radical (unpaired) electrons. The highest BCUT2D eigenvalue weighted by atomic mass is 15.1. The predicted octanol–water partition coefficient (Wildman–Crippen LogP) is 1.54. The van der Waals surface area contributed by atoms with E-state index in [0.717, 1.165) is 10.9 Å². The van der Waals surface area contributed by atoms with Gasteiger partial charge in [-0.1, -0.05) is 13.8 Å². The van der Waals surface area contributed by atoms with E-state index in [1.54, 1.807) is 12.4 Å². The monoisotopic (exact) mass is 174 g/mol. The zero-order valence-corrected chi connectivity index (χ0v) is 7.60. The molecule has 0 aliphatic heterocycles. The lowest BCUT2D eigenvalue weighted by atomic mass is 10.0. The number of aromatic nitrogens is 4. The van der Waals surface area contributed by atoms with Crippen LogP contribution in [0.4, 0.5) is 0 Å². The molecule has 0 N–H and O–H groups in total. The molecular weight excluding hydrogens is 164 g/mol. The molecule has 66 valence electrons.